The molecular formula is C20H13FN8O2S. The highest BCUT2D eigenvalue weighted by molar-refractivity contribution is 7.99. The van der Waals surface area contributed by atoms with Gasteiger partial charge in [0.15, 0.2) is 0 Å². The van der Waals surface area contributed by atoms with E-state index in [2.05, 4.69) is 25.6 Å². The lowest BCUT2D eigenvalue weighted by atomic mass is 10.1. The van der Waals surface area contributed by atoms with Crippen molar-refractivity contribution < 1.29 is 9.31 Å². The molecule has 0 unspecified atom stereocenters. The Labute approximate surface area is 183 Å². The molecule has 0 aliphatic carbocycles. The third-order valence-corrected chi connectivity index (χ3v) is 5.61. The quantitative estimate of drug-likeness (QED) is 0.285. The first-order chi connectivity index (χ1) is 15.6. The van der Waals surface area contributed by atoms with Crippen molar-refractivity contribution >= 4 is 28.5 Å². The Balaban J connectivity index is 1.55. The highest BCUT2D eigenvalue weighted by Gasteiger charge is 2.26. The minimum Gasteiger partial charge on any atom is -0.390 e. The first-order valence-electron chi connectivity index (χ1n) is 9.37. The molecular weight excluding hydrogens is 435 g/mol. The van der Waals surface area contributed by atoms with Crippen LogP contribution >= 0.6 is 11.8 Å². The number of hydrogen-bond acceptors (Lipinski definition) is 8. The summed E-state index contributed by atoms with van der Waals surface area (Å²) in [6.07, 6.45) is 0. The number of tetrazole rings is 1. The predicted molar refractivity (Wildman–Crippen MR) is 113 cm³/mol. The second kappa shape index (κ2) is 8.15. The standard InChI is InChI=1S/C20H13FN8O2S/c21-16-10-4-2-7-14(16)12-27-19(22-18(24-27)29(30)31)32-20-23-25-26-28(20)17-11-5-8-13-6-1-3-9-15(13)17/h1-11H,12H2. The number of nitrogens with zero attached hydrogens (tertiary/aromatic N) is 8. The minimum atomic E-state index is -0.699. The Bertz CT molecular complexity index is 1450. The van der Waals surface area contributed by atoms with Gasteiger partial charge in [0.25, 0.3) is 5.16 Å². The molecule has 12 heteroatoms. The summed E-state index contributed by atoms with van der Waals surface area (Å²) in [6, 6.07) is 19.7. The SMILES string of the molecule is O=[N+]([O-])c1nc(Sc2nnnn2-c2cccc3ccccc23)n(Cc2ccccc2F)n1. The summed E-state index contributed by atoms with van der Waals surface area (Å²) >= 11 is 1.00. The molecule has 5 aromatic rings. The van der Waals surface area contributed by atoms with Gasteiger partial charge in [-0.15, -0.1) is 5.10 Å². The van der Waals surface area contributed by atoms with Crippen LogP contribution in [0.1, 0.15) is 5.56 Å². The Morgan fingerprint density at radius 3 is 2.62 bits per heavy atom. The Morgan fingerprint density at radius 2 is 1.78 bits per heavy atom. The van der Waals surface area contributed by atoms with Gasteiger partial charge < -0.3 is 10.1 Å². The third kappa shape index (κ3) is 3.67. The van der Waals surface area contributed by atoms with Gasteiger partial charge in [-0.2, -0.15) is 9.36 Å². The maximum atomic E-state index is 14.1. The molecule has 32 heavy (non-hydrogen) atoms. The molecule has 0 atom stereocenters. The van der Waals surface area contributed by atoms with Crippen LogP contribution in [0.5, 0.6) is 0 Å². The van der Waals surface area contributed by atoms with E-state index in [0.717, 1.165) is 28.2 Å². The highest BCUT2D eigenvalue weighted by atomic mass is 32.2. The van der Waals surface area contributed by atoms with Crippen LogP contribution < -0.4 is 0 Å². The van der Waals surface area contributed by atoms with Crippen LogP contribution in [0.2, 0.25) is 0 Å². The maximum Gasteiger partial charge on any atom is 0.492 e. The lowest BCUT2D eigenvalue weighted by Crippen LogP contribution is -2.06. The predicted octanol–water partition coefficient (Wildman–Crippen LogP) is 3.65. The van der Waals surface area contributed by atoms with E-state index in [0.29, 0.717) is 10.7 Å². The number of halogens is 1. The van der Waals surface area contributed by atoms with E-state index in [4.69, 9.17) is 0 Å². The van der Waals surface area contributed by atoms with E-state index in [-0.39, 0.29) is 11.7 Å². The molecule has 0 fully saturated rings. The molecule has 2 heterocycles. The van der Waals surface area contributed by atoms with Crippen molar-refractivity contribution in [3.8, 4) is 5.69 Å². The molecule has 0 spiro atoms. The zero-order valence-corrected chi connectivity index (χ0v) is 17.1. The summed E-state index contributed by atoms with van der Waals surface area (Å²) in [5.41, 5.74) is 1.06. The minimum absolute atomic E-state index is 0.0360. The number of hydrogen-bond donors (Lipinski definition) is 0. The number of aromatic nitrogens is 7. The average Bonchev–Trinajstić information content (AvgIpc) is 3.42. The van der Waals surface area contributed by atoms with Gasteiger partial charge in [0, 0.05) is 27.8 Å². The molecule has 2 aromatic heterocycles. The first kappa shape index (κ1) is 19.8. The van der Waals surface area contributed by atoms with E-state index in [1.165, 1.54) is 15.4 Å². The molecule has 0 aliphatic rings. The highest BCUT2D eigenvalue weighted by Crippen LogP contribution is 2.30. The molecule has 0 bridgehead atoms. The molecule has 0 aliphatic heterocycles. The molecule has 5 rings (SSSR count). The molecule has 0 amide bonds. The van der Waals surface area contributed by atoms with Crippen molar-refractivity contribution in [3.63, 3.8) is 0 Å². The topological polar surface area (TPSA) is 117 Å². The Morgan fingerprint density at radius 1 is 1.00 bits per heavy atom. The monoisotopic (exact) mass is 448 g/mol. The van der Waals surface area contributed by atoms with E-state index < -0.39 is 16.7 Å². The normalized spacial score (nSPS) is 11.2. The maximum absolute atomic E-state index is 14.1. The van der Waals surface area contributed by atoms with Gasteiger partial charge in [-0.1, -0.05) is 54.6 Å². The average molecular weight is 448 g/mol. The molecule has 0 N–H and O–H groups in total. The smallest absolute Gasteiger partial charge is 0.390 e. The van der Waals surface area contributed by atoms with E-state index in [1.54, 1.807) is 18.2 Å². The van der Waals surface area contributed by atoms with Crippen molar-refractivity contribution in [2.24, 2.45) is 0 Å². The third-order valence-electron chi connectivity index (χ3n) is 4.69. The van der Waals surface area contributed by atoms with Gasteiger partial charge in [-0.3, -0.25) is 0 Å². The zero-order chi connectivity index (χ0) is 22.1. The van der Waals surface area contributed by atoms with Gasteiger partial charge >= 0.3 is 5.95 Å². The Hall–Kier alpha value is -4.19. The van der Waals surface area contributed by atoms with Crippen molar-refractivity contribution in [3.05, 3.63) is 88.2 Å². The summed E-state index contributed by atoms with van der Waals surface area (Å²) in [4.78, 5) is 14.6. The fourth-order valence-electron chi connectivity index (χ4n) is 3.23. The summed E-state index contributed by atoms with van der Waals surface area (Å²) in [5.74, 6) is -1.03. The van der Waals surface area contributed by atoms with Gasteiger partial charge in [0.05, 0.1) is 12.2 Å². The van der Waals surface area contributed by atoms with Crippen LogP contribution in [0, 0.1) is 15.9 Å². The second-order valence-electron chi connectivity index (χ2n) is 6.67. The van der Waals surface area contributed by atoms with Crippen LogP contribution in [0.4, 0.5) is 10.3 Å². The van der Waals surface area contributed by atoms with Gasteiger partial charge in [-0.05, 0) is 37.9 Å². The summed E-state index contributed by atoms with van der Waals surface area (Å²) in [6.45, 7) is -0.0360. The number of fused-ring (bicyclic) bond motifs is 1. The molecule has 0 saturated carbocycles. The van der Waals surface area contributed by atoms with E-state index in [9.17, 15) is 14.5 Å². The van der Waals surface area contributed by atoms with Crippen LogP contribution in [-0.4, -0.2) is 39.9 Å². The molecule has 10 nitrogen and oxygen atoms in total. The zero-order valence-electron chi connectivity index (χ0n) is 16.2. The van der Waals surface area contributed by atoms with Gasteiger partial charge in [-0.25, -0.2) is 4.39 Å². The summed E-state index contributed by atoms with van der Waals surface area (Å²) < 4.78 is 16.9. The number of rotatable bonds is 6. The van der Waals surface area contributed by atoms with Crippen LogP contribution in [0.25, 0.3) is 16.5 Å². The second-order valence-corrected chi connectivity index (χ2v) is 7.61. The van der Waals surface area contributed by atoms with E-state index >= 15 is 0 Å². The molecule has 158 valence electrons. The number of benzene rings is 3. The summed E-state index contributed by atoms with van der Waals surface area (Å²) in [5, 5.41) is 29.5. The molecule has 3 aromatic carbocycles. The Kier molecular flexibility index (Phi) is 5.03. The van der Waals surface area contributed by atoms with Crippen molar-refractivity contribution in [2.75, 3.05) is 0 Å². The fraction of sp³-hybridized carbons (Fsp3) is 0.0500. The lowest BCUT2D eigenvalue weighted by Gasteiger charge is -2.07. The van der Waals surface area contributed by atoms with Crippen LogP contribution in [0.3, 0.4) is 0 Å². The van der Waals surface area contributed by atoms with Crippen LogP contribution in [0.15, 0.2) is 77.0 Å². The van der Waals surface area contributed by atoms with Gasteiger partial charge in [0.2, 0.25) is 5.16 Å². The summed E-state index contributed by atoms with van der Waals surface area (Å²) in [7, 11) is 0. The van der Waals surface area contributed by atoms with Crippen molar-refractivity contribution in [1.82, 2.24) is 35.0 Å². The lowest BCUT2D eigenvalue weighted by molar-refractivity contribution is -0.394. The van der Waals surface area contributed by atoms with Crippen molar-refractivity contribution in [1.29, 1.82) is 0 Å². The van der Waals surface area contributed by atoms with E-state index in [1.807, 2.05) is 42.5 Å². The van der Waals surface area contributed by atoms with Crippen molar-refractivity contribution in [2.45, 2.75) is 16.9 Å². The first-order valence-corrected chi connectivity index (χ1v) is 10.2. The number of nitro groups is 1. The fourth-order valence-corrected chi connectivity index (χ4v) is 4.03. The molecule has 0 saturated heterocycles. The molecule has 0 radical (unpaired) electrons. The van der Waals surface area contributed by atoms with Gasteiger partial charge in [0.1, 0.15) is 5.82 Å². The van der Waals surface area contributed by atoms with Crippen LogP contribution in [-0.2, 0) is 6.54 Å². The largest absolute Gasteiger partial charge is 0.492 e.